The molecule has 1 saturated heterocycles. The van der Waals surface area contributed by atoms with Crippen LogP contribution in [0.25, 0.3) is 11.2 Å². The predicted octanol–water partition coefficient (Wildman–Crippen LogP) is -1.33. The van der Waals surface area contributed by atoms with Gasteiger partial charge in [-0.05, 0) is 12.8 Å². The number of imidazole rings is 1. The summed E-state index contributed by atoms with van der Waals surface area (Å²) in [4.78, 5) is 32.5. The molecule has 146 valence electrons. The molecule has 27 heavy (non-hydrogen) atoms. The molecule has 11 nitrogen and oxygen atoms in total. The Morgan fingerprint density at radius 1 is 1.48 bits per heavy atom. The third-order valence-electron chi connectivity index (χ3n) is 4.69. The van der Waals surface area contributed by atoms with E-state index >= 15 is 0 Å². The van der Waals surface area contributed by atoms with E-state index < -0.39 is 49.6 Å². The van der Waals surface area contributed by atoms with Gasteiger partial charge in [0.05, 0.1) is 18.7 Å². The van der Waals surface area contributed by atoms with Gasteiger partial charge in [0.25, 0.3) is 0 Å². The van der Waals surface area contributed by atoms with Crippen LogP contribution in [0.4, 0.5) is 10.3 Å². The number of nitrogens with two attached hydrogens (primary N) is 1. The van der Waals surface area contributed by atoms with E-state index in [9.17, 15) is 24.2 Å². The van der Waals surface area contributed by atoms with Crippen molar-refractivity contribution in [2.24, 2.45) is 5.92 Å². The summed E-state index contributed by atoms with van der Waals surface area (Å²) in [5.74, 6) is -0.717. The second kappa shape index (κ2) is 6.55. The summed E-state index contributed by atoms with van der Waals surface area (Å²) in [5.41, 5.74) is 5.01. The average Bonchev–Trinajstić information content (AvgIpc) is 3.41. The van der Waals surface area contributed by atoms with Gasteiger partial charge in [0.1, 0.15) is 17.7 Å². The number of aliphatic hydroxyl groups excluding tert-OH is 2. The summed E-state index contributed by atoms with van der Waals surface area (Å²) in [7, 11) is 0. The number of alkyl halides is 1. The number of anilines is 1. The smallest absolute Gasteiger partial charge is 0.335 e. The predicted molar refractivity (Wildman–Crippen MR) is 86.9 cm³/mol. The largest absolute Gasteiger partial charge is 0.443 e. The van der Waals surface area contributed by atoms with Gasteiger partial charge >= 0.3 is 11.7 Å². The fourth-order valence-corrected chi connectivity index (χ4v) is 3.06. The van der Waals surface area contributed by atoms with Crippen LogP contribution in [0.3, 0.4) is 0 Å². The van der Waals surface area contributed by atoms with Gasteiger partial charge in [0, 0.05) is 0 Å². The first-order valence-electron chi connectivity index (χ1n) is 8.40. The van der Waals surface area contributed by atoms with Crippen LogP contribution in [0.15, 0.2) is 11.0 Å². The van der Waals surface area contributed by atoms with Crippen molar-refractivity contribution in [1.82, 2.24) is 19.1 Å². The number of ether oxygens (including phenoxy) is 2. The minimum Gasteiger partial charge on any atom is -0.443 e. The normalized spacial score (nSPS) is 28.0. The number of carbonyl (C=O) groups excluding carboxylic acids is 1. The highest BCUT2D eigenvalue weighted by atomic mass is 19.1. The molecule has 0 radical (unpaired) electrons. The van der Waals surface area contributed by atoms with Gasteiger partial charge < -0.3 is 25.4 Å². The first-order valence-corrected chi connectivity index (χ1v) is 8.40. The summed E-state index contributed by atoms with van der Waals surface area (Å²) in [6.45, 7) is -1.06. The van der Waals surface area contributed by atoms with Crippen molar-refractivity contribution in [3.05, 3.63) is 16.7 Å². The van der Waals surface area contributed by atoms with E-state index in [0.717, 1.165) is 22.0 Å². The molecule has 2 aliphatic rings. The number of nitrogens with zero attached hydrogens (tertiary/aromatic N) is 4. The molecular formula is C15H18FN5O6. The number of halogens is 1. The minimum atomic E-state index is -1.89. The highest BCUT2D eigenvalue weighted by molar-refractivity contribution is 5.75. The highest BCUT2D eigenvalue weighted by Crippen LogP contribution is 2.33. The van der Waals surface area contributed by atoms with Gasteiger partial charge in [0.2, 0.25) is 5.95 Å². The first-order chi connectivity index (χ1) is 12.9. The number of fused-ring (bicyclic) bond motifs is 1. The molecule has 2 aromatic heterocycles. The van der Waals surface area contributed by atoms with E-state index in [1.54, 1.807) is 0 Å². The molecule has 12 heteroatoms. The molecule has 0 bridgehead atoms. The molecule has 1 aliphatic heterocycles. The van der Waals surface area contributed by atoms with Crippen LogP contribution in [0.5, 0.6) is 0 Å². The van der Waals surface area contributed by atoms with E-state index in [4.69, 9.17) is 15.2 Å². The molecule has 0 spiro atoms. The van der Waals surface area contributed by atoms with Crippen LogP contribution in [-0.2, 0) is 21.0 Å². The lowest BCUT2D eigenvalue weighted by Crippen LogP contribution is -2.34. The second-order valence-corrected chi connectivity index (χ2v) is 6.57. The van der Waals surface area contributed by atoms with Gasteiger partial charge in [-0.1, -0.05) is 0 Å². The molecular weight excluding hydrogens is 365 g/mol. The molecule has 4 N–H and O–H groups in total. The Morgan fingerprint density at radius 2 is 2.22 bits per heavy atom. The molecule has 2 aromatic rings. The Morgan fingerprint density at radius 3 is 2.85 bits per heavy atom. The summed E-state index contributed by atoms with van der Waals surface area (Å²) in [5, 5.41) is 19.3. The number of rotatable bonds is 5. The Labute approximate surface area is 151 Å². The lowest BCUT2D eigenvalue weighted by molar-refractivity contribution is -0.149. The highest BCUT2D eigenvalue weighted by Gasteiger charge is 2.46. The van der Waals surface area contributed by atoms with Crippen molar-refractivity contribution in [3.63, 3.8) is 0 Å². The molecule has 4 atom stereocenters. The monoisotopic (exact) mass is 383 g/mol. The molecule has 0 amide bonds. The van der Waals surface area contributed by atoms with Crippen molar-refractivity contribution >= 4 is 23.1 Å². The van der Waals surface area contributed by atoms with Gasteiger partial charge in [0.15, 0.2) is 24.8 Å². The number of hydrogen-bond acceptors (Lipinski definition) is 9. The summed E-state index contributed by atoms with van der Waals surface area (Å²) in [6.07, 6.45) is -3.56. The van der Waals surface area contributed by atoms with Crippen LogP contribution < -0.4 is 11.4 Å². The maximum absolute atomic E-state index is 14.1. The van der Waals surface area contributed by atoms with Crippen molar-refractivity contribution in [2.75, 3.05) is 12.3 Å². The number of aromatic nitrogens is 4. The number of aliphatic hydroxyl groups is 2. The zero-order valence-electron chi connectivity index (χ0n) is 14.1. The van der Waals surface area contributed by atoms with E-state index in [0.29, 0.717) is 0 Å². The Hall–Kier alpha value is -2.57. The van der Waals surface area contributed by atoms with E-state index in [2.05, 4.69) is 9.97 Å². The second-order valence-electron chi connectivity index (χ2n) is 6.57. The van der Waals surface area contributed by atoms with Gasteiger partial charge in [-0.25, -0.2) is 18.7 Å². The molecule has 1 saturated carbocycles. The lowest BCUT2D eigenvalue weighted by atomic mass is 10.1. The summed E-state index contributed by atoms with van der Waals surface area (Å²) >= 11 is 0. The maximum atomic E-state index is 14.1. The zero-order valence-corrected chi connectivity index (χ0v) is 14.1. The summed E-state index contributed by atoms with van der Waals surface area (Å²) in [6, 6.07) is 0. The quantitative estimate of drug-likeness (QED) is 0.533. The Kier molecular flexibility index (Phi) is 4.32. The van der Waals surface area contributed by atoms with Crippen molar-refractivity contribution in [3.8, 4) is 0 Å². The number of carbonyl (C=O) groups is 1. The average molecular weight is 383 g/mol. The number of esters is 1. The van der Waals surface area contributed by atoms with Crippen LogP contribution in [0.1, 0.15) is 19.1 Å². The summed E-state index contributed by atoms with van der Waals surface area (Å²) < 4.78 is 26.5. The molecule has 2 fully saturated rings. The van der Waals surface area contributed by atoms with Crippen LogP contribution in [0, 0.1) is 5.92 Å². The topological polar surface area (TPSA) is 155 Å². The third-order valence-corrected chi connectivity index (χ3v) is 4.69. The Balaban J connectivity index is 1.76. The molecule has 1 aliphatic carbocycles. The van der Waals surface area contributed by atoms with Crippen molar-refractivity contribution < 1.29 is 28.9 Å². The number of nitrogen functional groups attached to an aromatic ring is 1. The zero-order chi connectivity index (χ0) is 19.3. The SMILES string of the molecule is Nc1ncc2c(n1)n([C@@H]1O[C@H](CO)[C@@H](F)[C@H]1O)c(=O)n2COC(=O)C1CC1. The third kappa shape index (κ3) is 2.95. The lowest BCUT2D eigenvalue weighted by Gasteiger charge is -2.15. The van der Waals surface area contributed by atoms with E-state index in [1.807, 2.05) is 0 Å². The van der Waals surface area contributed by atoms with E-state index in [-0.39, 0.29) is 23.0 Å². The van der Waals surface area contributed by atoms with E-state index in [1.165, 1.54) is 6.20 Å². The van der Waals surface area contributed by atoms with Crippen molar-refractivity contribution in [1.29, 1.82) is 0 Å². The van der Waals surface area contributed by atoms with Crippen LogP contribution >= 0.6 is 0 Å². The number of hydrogen-bond donors (Lipinski definition) is 3. The molecule has 4 rings (SSSR count). The standard InChI is InChI=1S/C15H18FN5O6/c16-9-8(4-22)27-12(10(9)23)21-11-7(3-18-14(17)19-11)20(15(21)25)5-26-13(24)6-1-2-6/h3,6,8-10,12,22-23H,1-2,4-5H2,(H2,17,18,19)/t8-,9-,10-,12-/m1/s1. The maximum Gasteiger partial charge on any atom is 0.335 e. The fourth-order valence-electron chi connectivity index (χ4n) is 3.06. The van der Waals surface area contributed by atoms with Gasteiger partial charge in [-0.2, -0.15) is 4.98 Å². The van der Waals surface area contributed by atoms with Crippen LogP contribution in [0.2, 0.25) is 0 Å². The van der Waals surface area contributed by atoms with Gasteiger partial charge in [-0.3, -0.25) is 9.36 Å². The molecule has 3 heterocycles. The van der Waals surface area contributed by atoms with Crippen molar-refractivity contribution in [2.45, 2.75) is 44.2 Å². The minimum absolute atomic E-state index is 0.00943. The molecule has 0 unspecified atom stereocenters. The first kappa shape index (κ1) is 17.8. The molecule has 0 aromatic carbocycles. The van der Waals surface area contributed by atoms with Crippen LogP contribution in [-0.4, -0.2) is 60.3 Å². The van der Waals surface area contributed by atoms with Gasteiger partial charge in [-0.15, -0.1) is 0 Å². The Bertz CT molecular complexity index is 941. The fraction of sp³-hybridized carbons (Fsp3) is 0.600.